The lowest BCUT2D eigenvalue weighted by atomic mass is 9.41. The number of para-hydroxylation sites is 1. The molecule has 2 spiro atoms. The number of ether oxygens (including phenoxy) is 1. The van der Waals surface area contributed by atoms with E-state index >= 15 is 0 Å². The third kappa shape index (κ3) is 2.54. The van der Waals surface area contributed by atoms with Crippen LogP contribution in [-0.4, -0.2) is 74.2 Å². The normalized spacial score (nSPS) is 37.9. The Morgan fingerprint density at radius 3 is 2.63 bits per heavy atom. The van der Waals surface area contributed by atoms with Gasteiger partial charge in [-0.2, -0.15) is 0 Å². The van der Waals surface area contributed by atoms with Gasteiger partial charge in [-0.3, -0.25) is 14.5 Å². The minimum absolute atomic E-state index is 0.00622. The molecule has 9 rings (SSSR count). The number of carbonyl (C=O) groups excluding carboxylic acids is 2. The van der Waals surface area contributed by atoms with Crippen LogP contribution in [0.4, 0.5) is 5.69 Å². The minimum Gasteiger partial charge on any atom is -0.504 e. The van der Waals surface area contributed by atoms with E-state index in [1.54, 1.807) is 23.1 Å². The maximum Gasteiger partial charge on any atom is 0.250 e. The Labute approximate surface area is 221 Å². The van der Waals surface area contributed by atoms with E-state index in [1.165, 1.54) is 19.8 Å². The van der Waals surface area contributed by atoms with Crippen molar-refractivity contribution in [2.75, 3.05) is 18.4 Å². The Balaban J connectivity index is 1.35. The van der Waals surface area contributed by atoms with Gasteiger partial charge in [-0.05, 0) is 74.8 Å². The first-order valence-electron chi connectivity index (χ1n) is 14.0. The lowest BCUT2D eigenvalue weighted by Crippen LogP contribution is -2.93. The number of rotatable bonds is 4. The summed E-state index contributed by atoms with van der Waals surface area (Å²) in [6.07, 6.45) is 4.14. The van der Waals surface area contributed by atoms with Crippen LogP contribution in [0.15, 0.2) is 42.5 Å². The number of hydrogen-bond donors (Lipinski definition) is 3. The van der Waals surface area contributed by atoms with Crippen molar-refractivity contribution in [2.24, 2.45) is 5.92 Å². The first kappa shape index (κ1) is 22.8. The van der Waals surface area contributed by atoms with E-state index in [9.17, 15) is 19.8 Å². The van der Waals surface area contributed by atoms with Crippen molar-refractivity contribution in [3.63, 3.8) is 0 Å². The van der Waals surface area contributed by atoms with Crippen molar-refractivity contribution < 1.29 is 24.5 Å². The van der Waals surface area contributed by atoms with Gasteiger partial charge >= 0.3 is 0 Å². The van der Waals surface area contributed by atoms with Gasteiger partial charge in [0.1, 0.15) is 17.7 Å². The molecular formula is C30H33N3O5. The smallest absolute Gasteiger partial charge is 0.250 e. The van der Waals surface area contributed by atoms with Crippen molar-refractivity contribution in [1.82, 2.24) is 9.80 Å². The molecule has 4 bridgehead atoms. The quantitative estimate of drug-likeness (QED) is 0.579. The summed E-state index contributed by atoms with van der Waals surface area (Å²) in [5.74, 6) is 0.566. The molecule has 0 unspecified atom stereocenters. The molecule has 0 aromatic heterocycles. The van der Waals surface area contributed by atoms with E-state index in [2.05, 4.69) is 10.2 Å². The molecule has 2 aromatic carbocycles. The van der Waals surface area contributed by atoms with Gasteiger partial charge in [0.25, 0.3) is 0 Å². The number of nitrogens with one attached hydrogen (secondary N) is 1. The molecule has 3 saturated heterocycles. The largest absolute Gasteiger partial charge is 0.504 e. The van der Waals surface area contributed by atoms with Crippen LogP contribution in [-0.2, 0) is 21.4 Å². The van der Waals surface area contributed by atoms with Crippen LogP contribution in [0.5, 0.6) is 11.5 Å². The molecule has 2 aromatic rings. The Bertz CT molecular complexity index is 1380. The highest BCUT2D eigenvalue weighted by atomic mass is 16.5. The molecule has 2 saturated carbocycles. The summed E-state index contributed by atoms with van der Waals surface area (Å²) in [5.41, 5.74) is -0.297. The number of aliphatic hydroxyl groups is 1. The molecule has 3 N–H and O–H groups in total. The van der Waals surface area contributed by atoms with Gasteiger partial charge in [0.15, 0.2) is 11.5 Å². The highest BCUT2D eigenvalue weighted by Crippen LogP contribution is 2.72. The summed E-state index contributed by atoms with van der Waals surface area (Å²) in [6.45, 7) is 3.37. The highest BCUT2D eigenvalue weighted by molar-refractivity contribution is 5.99. The summed E-state index contributed by atoms with van der Waals surface area (Å²) >= 11 is 0. The molecule has 4 heterocycles. The van der Waals surface area contributed by atoms with E-state index in [-0.39, 0.29) is 17.7 Å². The number of fused-ring (bicyclic) bond motifs is 2. The summed E-state index contributed by atoms with van der Waals surface area (Å²) in [6, 6.07) is 11.8. The number of piperidine rings is 3. The maximum absolute atomic E-state index is 14.1. The lowest BCUT2D eigenvalue weighted by Gasteiger charge is -2.76. The zero-order valence-corrected chi connectivity index (χ0v) is 21.5. The summed E-state index contributed by atoms with van der Waals surface area (Å²) in [5, 5.41) is 26.5. The fourth-order valence-electron chi connectivity index (χ4n) is 9.30. The molecule has 3 aliphatic carbocycles. The van der Waals surface area contributed by atoms with Gasteiger partial charge in [0.2, 0.25) is 11.8 Å². The van der Waals surface area contributed by atoms with Crippen molar-refractivity contribution in [3.05, 3.63) is 53.6 Å². The summed E-state index contributed by atoms with van der Waals surface area (Å²) in [4.78, 5) is 32.2. The summed E-state index contributed by atoms with van der Waals surface area (Å²) in [7, 11) is 0. The Morgan fingerprint density at radius 1 is 1.11 bits per heavy atom. The number of nitrogens with zero attached hydrogens (tertiary/aromatic N) is 2. The third-order valence-corrected chi connectivity index (χ3v) is 10.7. The molecule has 5 fully saturated rings. The number of likely N-dealkylation sites (tertiary alicyclic amines) is 1. The molecule has 7 aliphatic rings. The summed E-state index contributed by atoms with van der Waals surface area (Å²) < 4.78 is 6.59. The van der Waals surface area contributed by atoms with Crippen LogP contribution in [0.1, 0.15) is 50.2 Å². The molecular weight excluding hydrogens is 482 g/mol. The van der Waals surface area contributed by atoms with E-state index in [0.717, 1.165) is 30.6 Å². The van der Waals surface area contributed by atoms with Crippen molar-refractivity contribution in [2.45, 2.75) is 80.2 Å². The van der Waals surface area contributed by atoms with Crippen LogP contribution in [0.25, 0.3) is 0 Å². The first-order valence-corrected chi connectivity index (χ1v) is 14.0. The van der Waals surface area contributed by atoms with Crippen LogP contribution >= 0.6 is 0 Å². The predicted octanol–water partition coefficient (Wildman–Crippen LogP) is 2.56. The molecule has 8 heteroatoms. The number of phenols is 1. The third-order valence-electron chi connectivity index (χ3n) is 10.7. The van der Waals surface area contributed by atoms with Gasteiger partial charge in [-0.1, -0.05) is 24.3 Å². The van der Waals surface area contributed by atoms with Crippen molar-refractivity contribution in [1.29, 1.82) is 0 Å². The second-order valence-electron chi connectivity index (χ2n) is 12.4. The Kier molecular flexibility index (Phi) is 4.39. The molecule has 198 valence electrons. The van der Waals surface area contributed by atoms with Crippen molar-refractivity contribution in [3.8, 4) is 11.5 Å². The lowest BCUT2D eigenvalue weighted by molar-refractivity contribution is -0.279. The number of benzene rings is 2. The zero-order chi connectivity index (χ0) is 26.0. The number of amides is 2. The van der Waals surface area contributed by atoms with Crippen LogP contribution < -0.4 is 10.1 Å². The van der Waals surface area contributed by atoms with Crippen LogP contribution in [0.2, 0.25) is 0 Å². The highest BCUT2D eigenvalue weighted by Gasteiger charge is 2.84. The van der Waals surface area contributed by atoms with Gasteiger partial charge in [-0.25, -0.2) is 0 Å². The first-order chi connectivity index (χ1) is 18.3. The zero-order valence-electron chi connectivity index (χ0n) is 21.5. The molecule has 2 amide bonds. The number of carbonyl (C=O) groups is 2. The minimum atomic E-state index is -1.60. The number of anilines is 1. The fraction of sp³-hybridized carbons (Fsp3) is 0.533. The van der Waals surface area contributed by atoms with E-state index in [4.69, 9.17) is 4.74 Å². The van der Waals surface area contributed by atoms with Gasteiger partial charge < -0.3 is 25.2 Å². The Morgan fingerprint density at radius 2 is 1.89 bits per heavy atom. The monoisotopic (exact) mass is 515 g/mol. The molecule has 0 radical (unpaired) electrons. The molecule has 4 aliphatic heterocycles. The SMILES string of the molecule is CC(=O)N1[C@@H](C(=O)Nc2ccccc2)[C@]2(O)CC[C@]13[C@H]1Cc4ccc(O)c5c4[C@@]3(CCN1CC1CC1)[C@H]2O5. The topological polar surface area (TPSA) is 102 Å². The Hall–Kier alpha value is -3.10. The van der Waals surface area contributed by atoms with E-state index < -0.39 is 34.6 Å². The number of phenolic OH excluding ortho intramolecular Hbond substituents is 1. The number of hydrogen-bond acceptors (Lipinski definition) is 6. The second-order valence-corrected chi connectivity index (χ2v) is 12.4. The van der Waals surface area contributed by atoms with Gasteiger partial charge in [0, 0.05) is 30.8 Å². The van der Waals surface area contributed by atoms with Crippen LogP contribution in [0, 0.1) is 5.92 Å². The second kappa shape index (κ2) is 7.30. The fourth-order valence-corrected chi connectivity index (χ4v) is 9.30. The average molecular weight is 516 g/mol. The molecule has 6 atom stereocenters. The van der Waals surface area contributed by atoms with E-state index in [0.29, 0.717) is 36.6 Å². The van der Waals surface area contributed by atoms with Gasteiger partial charge in [0.05, 0.1) is 11.0 Å². The van der Waals surface area contributed by atoms with Crippen molar-refractivity contribution >= 4 is 17.5 Å². The number of aromatic hydroxyl groups is 1. The standard InChI is InChI=1S/C30H33N3O5/c1-17(34)33-25(26(36)31-20-5-3-2-4-6-20)29(37)11-12-30(33)22-15-19-9-10-21(35)24-23(19)28(30,27(29)38-24)13-14-32(22)16-18-7-8-18/h2-6,9-10,18,22,25,27,35,37H,7-8,11-16H2,1H3,(H,31,36)/t22-,25+,27-,28+,29-,30-/m1/s1. The molecule has 8 nitrogen and oxygen atoms in total. The maximum atomic E-state index is 14.1. The average Bonchev–Trinajstić information content (AvgIpc) is 3.64. The van der Waals surface area contributed by atoms with Gasteiger partial charge in [-0.15, -0.1) is 0 Å². The molecule has 38 heavy (non-hydrogen) atoms. The van der Waals surface area contributed by atoms with E-state index in [1.807, 2.05) is 24.3 Å². The van der Waals surface area contributed by atoms with Crippen LogP contribution in [0.3, 0.4) is 0 Å². The predicted molar refractivity (Wildman–Crippen MR) is 139 cm³/mol.